The molecule has 0 heterocycles. The molecule has 1 atom stereocenters. The monoisotopic (exact) mass is 221 g/mol. The Bertz CT molecular complexity index is 280. The van der Waals surface area contributed by atoms with Gasteiger partial charge < -0.3 is 10.4 Å². The lowest BCUT2D eigenvalue weighted by Gasteiger charge is -2.32. The minimum atomic E-state index is -0.155. The number of aliphatic hydroxyl groups excluding tert-OH is 1. The predicted octanol–water partition coefficient (Wildman–Crippen LogP) is 2.37. The van der Waals surface area contributed by atoms with Crippen LogP contribution in [-0.2, 0) is 6.42 Å². The van der Waals surface area contributed by atoms with Crippen molar-refractivity contribution in [2.24, 2.45) is 0 Å². The second-order valence-corrected chi connectivity index (χ2v) is 4.38. The molecule has 0 aliphatic rings. The first-order chi connectivity index (χ1) is 7.76. The summed E-state index contributed by atoms with van der Waals surface area (Å²) in [6.07, 6.45) is 2.93. The summed E-state index contributed by atoms with van der Waals surface area (Å²) in [5, 5.41) is 13.1. The smallest absolute Gasteiger partial charge is 0.0616 e. The van der Waals surface area contributed by atoms with Gasteiger partial charge in [0.2, 0.25) is 0 Å². The summed E-state index contributed by atoms with van der Waals surface area (Å²) in [6.45, 7) is 5.43. The molecule has 16 heavy (non-hydrogen) atoms. The molecule has 0 fully saturated rings. The van der Waals surface area contributed by atoms with Crippen molar-refractivity contribution in [3.8, 4) is 0 Å². The van der Waals surface area contributed by atoms with Crippen LogP contribution in [0.3, 0.4) is 0 Å². The van der Waals surface area contributed by atoms with Crippen LogP contribution in [-0.4, -0.2) is 23.8 Å². The number of hydrogen-bond acceptors (Lipinski definition) is 2. The fourth-order valence-electron chi connectivity index (χ4n) is 1.91. The molecule has 2 N–H and O–H groups in total. The highest BCUT2D eigenvalue weighted by molar-refractivity contribution is 5.18. The summed E-state index contributed by atoms with van der Waals surface area (Å²) >= 11 is 0. The Labute approximate surface area is 98.7 Å². The normalized spacial score (nSPS) is 14.7. The van der Waals surface area contributed by atoms with Crippen LogP contribution in [0.25, 0.3) is 0 Å². The van der Waals surface area contributed by atoms with E-state index in [1.165, 1.54) is 5.56 Å². The van der Waals surface area contributed by atoms with E-state index >= 15 is 0 Å². The van der Waals surface area contributed by atoms with Crippen molar-refractivity contribution in [3.05, 3.63) is 35.9 Å². The molecule has 0 amide bonds. The Balaban J connectivity index is 2.70. The highest BCUT2D eigenvalue weighted by Gasteiger charge is 2.26. The van der Waals surface area contributed by atoms with Crippen molar-refractivity contribution in [1.82, 2.24) is 5.32 Å². The first-order valence-electron chi connectivity index (χ1n) is 6.16. The van der Waals surface area contributed by atoms with Crippen LogP contribution in [0.2, 0.25) is 0 Å². The molecule has 1 aromatic rings. The summed E-state index contributed by atoms with van der Waals surface area (Å²) in [5.74, 6) is 0. The van der Waals surface area contributed by atoms with Gasteiger partial charge >= 0.3 is 0 Å². The largest absolute Gasteiger partial charge is 0.394 e. The molecule has 0 radical (unpaired) electrons. The van der Waals surface area contributed by atoms with Gasteiger partial charge in [0.25, 0.3) is 0 Å². The SMILES string of the molecule is CCCNC(CC)(CO)Cc1ccccc1. The van der Waals surface area contributed by atoms with Gasteiger partial charge in [0, 0.05) is 5.54 Å². The molecule has 2 nitrogen and oxygen atoms in total. The standard InChI is InChI=1S/C14H23NO/c1-3-10-15-14(4-2,12-16)11-13-8-6-5-7-9-13/h5-9,15-16H,3-4,10-12H2,1-2H3. The Morgan fingerprint density at radius 1 is 1.19 bits per heavy atom. The predicted molar refractivity (Wildman–Crippen MR) is 68.5 cm³/mol. The van der Waals surface area contributed by atoms with Crippen molar-refractivity contribution >= 4 is 0 Å². The number of rotatable bonds is 7. The molecule has 0 aromatic heterocycles. The van der Waals surface area contributed by atoms with E-state index in [0.29, 0.717) is 0 Å². The zero-order valence-corrected chi connectivity index (χ0v) is 10.4. The molecule has 1 aromatic carbocycles. The molecule has 0 aliphatic carbocycles. The third-order valence-corrected chi connectivity index (χ3v) is 3.11. The van der Waals surface area contributed by atoms with Gasteiger partial charge in [-0.25, -0.2) is 0 Å². The van der Waals surface area contributed by atoms with Gasteiger partial charge in [0.1, 0.15) is 0 Å². The first kappa shape index (κ1) is 13.2. The lowest BCUT2D eigenvalue weighted by molar-refractivity contribution is 0.155. The minimum Gasteiger partial charge on any atom is -0.394 e. The van der Waals surface area contributed by atoms with Crippen LogP contribution in [0.1, 0.15) is 32.3 Å². The second-order valence-electron chi connectivity index (χ2n) is 4.38. The van der Waals surface area contributed by atoms with E-state index in [1.54, 1.807) is 0 Å². The van der Waals surface area contributed by atoms with Crippen LogP contribution < -0.4 is 5.32 Å². The Kier molecular flexibility index (Phi) is 5.50. The van der Waals surface area contributed by atoms with Crippen molar-refractivity contribution in [3.63, 3.8) is 0 Å². The van der Waals surface area contributed by atoms with Gasteiger partial charge in [-0.3, -0.25) is 0 Å². The van der Waals surface area contributed by atoms with Crippen LogP contribution >= 0.6 is 0 Å². The molecular weight excluding hydrogens is 198 g/mol. The maximum Gasteiger partial charge on any atom is 0.0616 e. The number of nitrogens with one attached hydrogen (secondary N) is 1. The summed E-state index contributed by atoms with van der Waals surface area (Å²) < 4.78 is 0. The molecule has 0 aliphatic heterocycles. The quantitative estimate of drug-likeness (QED) is 0.741. The van der Waals surface area contributed by atoms with Gasteiger partial charge in [-0.15, -0.1) is 0 Å². The van der Waals surface area contributed by atoms with Gasteiger partial charge in [-0.2, -0.15) is 0 Å². The summed E-state index contributed by atoms with van der Waals surface area (Å²) in [6, 6.07) is 10.4. The second kappa shape index (κ2) is 6.66. The molecule has 2 heteroatoms. The fraction of sp³-hybridized carbons (Fsp3) is 0.571. The van der Waals surface area contributed by atoms with E-state index in [9.17, 15) is 5.11 Å². The van der Waals surface area contributed by atoms with Crippen LogP contribution in [0.15, 0.2) is 30.3 Å². The molecule has 90 valence electrons. The van der Waals surface area contributed by atoms with Crippen LogP contribution in [0, 0.1) is 0 Å². The summed E-state index contributed by atoms with van der Waals surface area (Å²) in [5.41, 5.74) is 1.12. The average molecular weight is 221 g/mol. The summed E-state index contributed by atoms with van der Waals surface area (Å²) in [4.78, 5) is 0. The lowest BCUT2D eigenvalue weighted by Crippen LogP contribution is -2.50. The van der Waals surface area contributed by atoms with Crippen LogP contribution in [0.4, 0.5) is 0 Å². The highest BCUT2D eigenvalue weighted by atomic mass is 16.3. The van der Waals surface area contributed by atoms with E-state index in [0.717, 1.165) is 25.8 Å². The van der Waals surface area contributed by atoms with Gasteiger partial charge in [0.05, 0.1) is 6.61 Å². The number of hydrogen-bond donors (Lipinski definition) is 2. The molecule has 1 unspecified atom stereocenters. The minimum absolute atomic E-state index is 0.155. The van der Waals surface area contributed by atoms with E-state index in [-0.39, 0.29) is 12.1 Å². The van der Waals surface area contributed by atoms with E-state index < -0.39 is 0 Å². The number of aliphatic hydroxyl groups is 1. The van der Waals surface area contributed by atoms with Crippen molar-refractivity contribution in [2.45, 2.75) is 38.6 Å². The lowest BCUT2D eigenvalue weighted by atomic mass is 9.89. The number of benzene rings is 1. The Hall–Kier alpha value is -0.860. The van der Waals surface area contributed by atoms with Gasteiger partial charge in [-0.05, 0) is 31.4 Å². The van der Waals surface area contributed by atoms with E-state index in [4.69, 9.17) is 0 Å². The maximum atomic E-state index is 9.60. The molecule has 0 spiro atoms. The average Bonchev–Trinajstić information content (AvgIpc) is 2.36. The Morgan fingerprint density at radius 2 is 1.88 bits per heavy atom. The topological polar surface area (TPSA) is 32.3 Å². The molecule has 0 saturated carbocycles. The fourth-order valence-corrected chi connectivity index (χ4v) is 1.91. The highest BCUT2D eigenvalue weighted by Crippen LogP contribution is 2.17. The maximum absolute atomic E-state index is 9.60. The van der Waals surface area contributed by atoms with Crippen molar-refractivity contribution in [2.75, 3.05) is 13.2 Å². The van der Waals surface area contributed by atoms with Crippen LogP contribution in [0.5, 0.6) is 0 Å². The molecule has 0 saturated heterocycles. The van der Waals surface area contributed by atoms with Crippen molar-refractivity contribution in [1.29, 1.82) is 0 Å². The Morgan fingerprint density at radius 3 is 2.38 bits per heavy atom. The van der Waals surface area contributed by atoms with Gasteiger partial charge in [-0.1, -0.05) is 44.2 Å². The zero-order valence-electron chi connectivity index (χ0n) is 10.4. The van der Waals surface area contributed by atoms with Gasteiger partial charge in [0.15, 0.2) is 0 Å². The summed E-state index contributed by atoms with van der Waals surface area (Å²) in [7, 11) is 0. The van der Waals surface area contributed by atoms with E-state index in [2.05, 4.69) is 31.3 Å². The molecule has 0 bridgehead atoms. The molecule has 1 rings (SSSR count). The third kappa shape index (κ3) is 3.62. The first-order valence-corrected chi connectivity index (χ1v) is 6.16. The third-order valence-electron chi connectivity index (χ3n) is 3.11. The van der Waals surface area contributed by atoms with Crippen molar-refractivity contribution < 1.29 is 5.11 Å². The molecular formula is C14H23NO. The zero-order chi connectivity index (χ0) is 11.9. The van der Waals surface area contributed by atoms with E-state index in [1.807, 2.05) is 18.2 Å².